The van der Waals surface area contributed by atoms with Gasteiger partial charge in [-0.05, 0) is 20.3 Å². The van der Waals surface area contributed by atoms with Crippen LogP contribution in [0.2, 0.25) is 0 Å². The Morgan fingerprint density at radius 2 is 2.20 bits per heavy atom. The lowest BCUT2D eigenvalue weighted by Gasteiger charge is -1.92. The summed E-state index contributed by atoms with van der Waals surface area (Å²) in [4.78, 5) is 10.8. The molecule has 1 aliphatic rings. The van der Waals surface area contributed by atoms with Gasteiger partial charge in [-0.15, -0.1) is 0 Å². The van der Waals surface area contributed by atoms with E-state index in [9.17, 15) is 4.79 Å². The van der Waals surface area contributed by atoms with Gasteiger partial charge in [0.15, 0.2) is 0 Å². The van der Waals surface area contributed by atoms with Crippen molar-refractivity contribution in [3.8, 4) is 0 Å². The van der Waals surface area contributed by atoms with Gasteiger partial charge in [0.25, 0.3) is 0 Å². The Morgan fingerprint density at radius 3 is 2.50 bits per heavy atom. The Hall–Kier alpha value is -0.790. The molecule has 0 aromatic heterocycles. The smallest absolute Gasteiger partial charge is 0.313 e. The van der Waals surface area contributed by atoms with Crippen LogP contribution in [-0.4, -0.2) is 13.1 Å². The Kier molecular flexibility index (Phi) is 1.79. The van der Waals surface area contributed by atoms with Gasteiger partial charge in [0.1, 0.15) is 0 Å². The third-order valence-electron chi connectivity index (χ3n) is 1.81. The molecular formula is C8H12O2. The minimum atomic E-state index is -0.0869. The zero-order valence-corrected chi connectivity index (χ0v) is 6.60. The summed E-state index contributed by atoms with van der Waals surface area (Å²) < 4.78 is 4.58. The predicted molar refractivity (Wildman–Crippen MR) is 38.5 cm³/mol. The summed E-state index contributed by atoms with van der Waals surface area (Å²) >= 11 is 0. The monoisotopic (exact) mass is 140 g/mol. The molecule has 0 amide bonds. The number of carbonyl (C=O) groups is 1. The van der Waals surface area contributed by atoms with E-state index in [4.69, 9.17) is 0 Å². The number of ether oxygens (including phenoxy) is 1. The number of methoxy groups -OCH3 is 1. The van der Waals surface area contributed by atoms with Gasteiger partial charge in [-0.25, -0.2) is 0 Å². The van der Waals surface area contributed by atoms with Crippen molar-refractivity contribution in [1.29, 1.82) is 0 Å². The lowest BCUT2D eigenvalue weighted by Crippen LogP contribution is -2.01. The molecule has 0 aliphatic heterocycles. The van der Waals surface area contributed by atoms with Gasteiger partial charge in [-0.1, -0.05) is 11.1 Å². The summed E-state index contributed by atoms with van der Waals surface area (Å²) in [5, 5.41) is 0. The van der Waals surface area contributed by atoms with Crippen molar-refractivity contribution < 1.29 is 9.53 Å². The van der Waals surface area contributed by atoms with E-state index < -0.39 is 0 Å². The minimum absolute atomic E-state index is 0.0869. The SMILES string of the molecule is COC(=O)[C@@H]1CC1=C(C)C. The summed E-state index contributed by atoms with van der Waals surface area (Å²) in [5.41, 5.74) is 2.52. The van der Waals surface area contributed by atoms with Gasteiger partial charge >= 0.3 is 5.97 Å². The topological polar surface area (TPSA) is 26.3 Å². The van der Waals surface area contributed by atoms with E-state index in [0.717, 1.165) is 6.42 Å². The van der Waals surface area contributed by atoms with Gasteiger partial charge in [0.2, 0.25) is 0 Å². The zero-order chi connectivity index (χ0) is 7.72. The van der Waals surface area contributed by atoms with E-state index in [-0.39, 0.29) is 11.9 Å². The van der Waals surface area contributed by atoms with Crippen LogP contribution in [0.3, 0.4) is 0 Å². The Bertz CT molecular complexity index is 187. The fourth-order valence-electron chi connectivity index (χ4n) is 1.08. The van der Waals surface area contributed by atoms with E-state index in [1.807, 2.05) is 13.8 Å². The first-order valence-electron chi connectivity index (χ1n) is 3.41. The van der Waals surface area contributed by atoms with E-state index in [0.29, 0.717) is 0 Å². The molecule has 0 radical (unpaired) electrons. The minimum Gasteiger partial charge on any atom is -0.469 e. The lowest BCUT2D eigenvalue weighted by atomic mass is 10.3. The molecule has 0 bridgehead atoms. The van der Waals surface area contributed by atoms with E-state index in [1.54, 1.807) is 0 Å². The van der Waals surface area contributed by atoms with Crippen molar-refractivity contribution in [3.05, 3.63) is 11.1 Å². The number of hydrogen-bond acceptors (Lipinski definition) is 2. The second-order valence-electron chi connectivity index (χ2n) is 2.81. The molecule has 1 fully saturated rings. The highest BCUT2D eigenvalue weighted by molar-refractivity contribution is 5.81. The maximum Gasteiger partial charge on any atom is 0.313 e. The van der Waals surface area contributed by atoms with Gasteiger partial charge < -0.3 is 4.74 Å². The summed E-state index contributed by atoms with van der Waals surface area (Å²) in [5.74, 6) is 0.00574. The molecule has 10 heavy (non-hydrogen) atoms. The van der Waals surface area contributed by atoms with Crippen molar-refractivity contribution >= 4 is 5.97 Å². The van der Waals surface area contributed by atoms with Crippen molar-refractivity contribution in [2.24, 2.45) is 5.92 Å². The zero-order valence-electron chi connectivity index (χ0n) is 6.60. The van der Waals surface area contributed by atoms with Gasteiger partial charge in [0.05, 0.1) is 13.0 Å². The van der Waals surface area contributed by atoms with Crippen LogP contribution in [0, 0.1) is 5.92 Å². The van der Waals surface area contributed by atoms with Crippen molar-refractivity contribution in [1.82, 2.24) is 0 Å². The average Bonchev–Trinajstić information content (AvgIpc) is 2.64. The van der Waals surface area contributed by atoms with Crippen LogP contribution in [0.5, 0.6) is 0 Å². The standard InChI is InChI=1S/C8H12O2/c1-5(2)6-4-7(6)8(9)10-3/h7H,4H2,1-3H3/t7-/m1/s1. The maximum atomic E-state index is 10.8. The molecule has 0 unspecified atom stereocenters. The van der Waals surface area contributed by atoms with Crippen LogP contribution in [0.25, 0.3) is 0 Å². The molecule has 0 aromatic carbocycles. The third kappa shape index (κ3) is 1.20. The number of hydrogen-bond donors (Lipinski definition) is 0. The summed E-state index contributed by atoms with van der Waals surface area (Å²) in [6.07, 6.45) is 0.912. The normalized spacial score (nSPS) is 22.3. The molecule has 0 heterocycles. The van der Waals surface area contributed by atoms with Crippen LogP contribution >= 0.6 is 0 Å². The van der Waals surface area contributed by atoms with Gasteiger partial charge in [-0.2, -0.15) is 0 Å². The molecule has 0 N–H and O–H groups in total. The Morgan fingerprint density at radius 1 is 1.60 bits per heavy atom. The molecule has 0 aromatic rings. The van der Waals surface area contributed by atoms with Crippen LogP contribution < -0.4 is 0 Å². The van der Waals surface area contributed by atoms with Crippen LogP contribution in [-0.2, 0) is 9.53 Å². The van der Waals surface area contributed by atoms with Crippen LogP contribution in [0.15, 0.2) is 11.1 Å². The Balaban J connectivity index is 2.54. The molecular weight excluding hydrogens is 128 g/mol. The fraction of sp³-hybridized carbons (Fsp3) is 0.625. The molecule has 1 rings (SSSR count). The van der Waals surface area contributed by atoms with Crippen LogP contribution in [0.4, 0.5) is 0 Å². The molecule has 56 valence electrons. The summed E-state index contributed by atoms with van der Waals surface area (Å²) in [6, 6.07) is 0. The number of rotatable bonds is 1. The first-order chi connectivity index (χ1) is 4.66. The predicted octanol–water partition coefficient (Wildman–Crippen LogP) is 1.52. The fourth-order valence-corrected chi connectivity index (χ4v) is 1.08. The van der Waals surface area contributed by atoms with E-state index >= 15 is 0 Å². The van der Waals surface area contributed by atoms with Crippen molar-refractivity contribution in [2.75, 3.05) is 7.11 Å². The van der Waals surface area contributed by atoms with Gasteiger partial charge in [0, 0.05) is 0 Å². The van der Waals surface area contributed by atoms with Gasteiger partial charge in [-0.3, -0.25) is 4.79 Å². The first-order valence-corrected chi connectivity index (χ1v) is 3.41. The second kappa shape index (κ2) is 2.45. The quantitative estimate of drug-likeness (QED) is 0.407. The largest absolute Gasteiger partial charge is 0.469 e. The molecule has 2 heteroatoms. The summed E-state index contributed by atoms with van der Waals surface area (Å²) in [6.45, 7) is 4.05. The lowest BCUT2D eigenvalue weighted by molar-refractivity contribution is -0.141. The van der Waals surface area contributed by atoms with E-state index in [2.05, 4.69) is 4.74 Å². The maximum absolute atomic E-state index is 10.8. The highest BCUT2D eigenvalue weighted by atomic mass is 16.5. The molecule has 1 atom stereocenters. The highest BCUT2D eigenvalue weighted by Gasteiger charge is 2.38. The number of carbonyl (C=O) groups excluding carboxylic acids is 1. The number of esters is 1. The average molecular weight is 140 g/mol. The molecule has 0 spiro atoms. The van der Waals surface area contributed by atoms with Crippen molar-refractivity contribution in [3.63, 3.8) is 0 Å². The Labute approximate surface area is 60.9 Å². The van der Waals surface area contributed by atoms with E-state index in [1.165, 1.54) is 18.3 Å². The number of allylic oxidation sites excluding steroid dienone is 1. The third-order valence-corrected chi connectivity index (χ3v) is 1.81. The molecule has 1 aliphatic carbocycles. The van der Waals surface area contributed by atoms with Crippen LogP contribution in [0.1, 0.15) is 20.3 Å². The highest BCUT2D eigenvalue weighted by Crippen LogP contribution is 2.40. The van der Waals surface area contributed by atoms with Crippen molar-refractivity contribution in [2.45, 2.75) is 20.3 Å². The second-order valence-corrected chi connectivity index (χ2v) is 2.81. The summed E-state index contributed by atoms with van der Waals surface area (Å²) in [7, 11) is 1.43. The molecule has 0 saturated heterocycles. The molecule has 2 nitrogen and oxygen atoms in total. The molecule has 1 saturated carbocycles. The first kappa shape index (κ1) is 7.32.